The normalized spacial score (nSPS) is 17.7. The van der Waals surface area contributed by atoms with Crippen LogP contribution < -0.4 is 5.73 Å². The highest BCUT2D eigenvalue weighted by molar-refractivity contribution is 7.91. The second-order valence-corrected chi connectivity index (χ2v) is 8.15. The molecular formula is C15H17FN4O3S. The smallest absolute Gasteiger partial charge is 0.225 e. The van der Waals surface area contributed by atoms with Crippen molar-refractivity contribution in [1.82, 2.24) is 14.8 Å². The summed E-state index contributed by atoms with van der Waals surface area (Å²) in [5, 5.41) is 4.26. The lowest BCUT2D eigenvalue weighted by Crippen LogP contribution is -2.24. The van der Waals surface area contributed by atoms with Crippen molar-refractivity contribution in [2.24, 2.45) is 5.73 Å². The summed E-state index contributed by atoms with van der Waals surface area (Å²) in [6.07, 6.45) is 0.721. The molecule has 2 N–H and O–H groups in total. The third kappa shape index (κ3) is 3.61. The predicted molar refractivity (Wildman–Crippen MR) is 84.8 cm³/mol. The second kappa shape index (κ2) is 6.31. The van der Waals surface area contributed by atoms with E-state index < -0.39 is 21.6 Å². The lowest BCUT2D eigenvalue weighted by atomic mass is 10.0. The summed E-state index contributed by atoms with van der Waals surface area (Å²) in [5.74, 6) is -0.161. The third-order valence-corrected chi connectivity index (χ3v) is 5.70. The number of carbonyl (C=O) groups excluding carboxylic acids is 1. The van der Waals surface area contributed by atoms with Gasteiger partial charge in [0.05, 0.1) is 23.6 Å². The number of sulfone groups is 1. The van der Waals surface area contributed by atoms with Crippen LogP contribution in [0, 0.1) is 5.82 Å². The molecule has 0 spiro atoms. The molecule has 1 saturated heterocycles. The molecule has 1 fully saturated rings. The Bertz CT molecular complexity index is 865. The van der Waals surface area contributed by atoms with Crippen molar-refractivity contribution in [2.75, 3.05) is 11.5 Å². The van der Waals surface area contributed by atoms with E-state index >= 15 is 0 Å². The van der Waals surface area contributed by atoms with Crippen molar-refractivity contribution in [3.05, 3.63) is 41.7 Å². The molecule has 0 saturated carbocycles. The fourth-order valence-electron chi connectivity index (χ4n) is 2.81. The molecule has 0 aliphatic carbocycles. The number of aromatic nitrogens is 3. The topological polar surface area (TPSA) is 108 Å². The zero-order chi connectivity index (χ0) is 17.3. The zero-order valence-corrected chi connectivity index (χ0v) is 13.7. The zero-order valence-electron chi connectivity index (χ0n) is 12.9. The molecule has 1 amide bonds. The van der Waals surface area contributed by atoms with Crippen LogP contribution in [0.25, 0.3) is 5.69 Å². The van der Waals surface area contributed by atoms with E-state index in [9.17, 15) is 17.6 Å². The molecule has 2 aromatic rings. The van der Waals surface area contributed by atoms with Crippen LogP contribution in [0.2, 0.25) is 0 Å². The van der Waals surface area contributed by atoms with Crippen molar-refractivity contribution in [2.45, 2.75) is 25.2 Å². The Morgan fingerprint density at radius 1 is 1.33 bits per heavy atom. The quantitative estimate of drug-likeness (QED) is 0.872. The second-order valence-electron chi connectivity index (χ2n) is 5.85. The summed E-state index contributed by atoms with van der Waals surface area (Å²) in [4.78, 5) is 15.5. The average Bonchev–Trinajstić information content (AvgIpc) is 2.90. The van der Waals surface area contributed by atoms with Crippen LogP contribution in [0.3, 0.4) is 0 Å². The fourth-order valence-corrected chi connectivity index (χ4v) is 4.30. The number of nitrogens with zero attached hydrogens (tertiary/aromatic N) is 3. The van der Waals surface area contributed by atoms with Gasteiger partial charge in [0.1, 0.15) is 21.5 Å². The maximum atomic E-state index is 13.5. The first kappa shape index (κ1) is 16.6. The van der Waals surface area contributed by atoms with Crippen molar-refractivity contribution in [3.63, 3.8) is 0 Å². The molecule has 1 aromatic carbocycles. The Labute approximate surface area is 138 Å². The Hall–Kier alpha value is -2.29. The Morgan fingerprint density at radius 3 is 2.67 bits per heavy atom. The van der Waals surface area contributed by atoms with Gasteiger partial charge in [-0.3, -0.25) is 4.79 Å². The van der Waals surface area contributed by atoms with Crippen LogP contribution >= 0.6 is 0 Å². The first-order valence-corrected chi connectivity index (χ1v) is 9.37. The van der Waals surface area contributed by atoms with E-state index in [2.05, 4.69) is 10.1 Å². The van der Waals surface area contributed by atoms with Gasteiger partial charge in [-0.1, -0.05) is 6.07 Å². The molecule has 24 heavy (non-hydrogen) atoms. The van der Waals surface area contributed by atoms with Gasteiger partial charge >= 0.3 is 0 Å². The van der Waals surface area contributed by atoms with Gasteiger partial charge < -0.3 is 5.73 Å². The van der Waals surface area contributed by atoms with Crippen molar-refractivity contribution in [1.29, 1.82) is 0 Å². The maximum Gasteiger partial charge on any atom is 0.225 e. The standard InChI is InChI=1S/C15H17FN4O3S/c16-11-2-1-3-12(8-11)20-15(18-14(19-20)9-13(17)21)10-4-6-24(22,23)7-5-10/h1-3,8,10H,4-7,9H2,(H2,17,21). The molecule has 1 aliphatic heterocycles. The number of rotatable bonds is 4. The molecule has 3 rings (SSSR count). The summed E-state index contributed by atoms with van der Waals surface area (Å²) in [7, 11) is -3.01. The SMILES string of the molecule is NC(=O)Cc1nc(C2CCS(=O)(=O)CC2)n(-c2cccc(F)c2)n1. The average molecular weight is 352 g/mol. The van der Waals surface area contributed by atoms with Gasteiger partial charge in [0, 0.05) is 5.92 Å². The Morgan fingerprint density at radius 2 is 2.04 bits per heavy atom. The molecule has 0 bridgehead atoms. The predicted octanol–water partition coefficient (Wildman–Crippen LogP) is 0.726. The van der Waals surface area contributed by atoms with Crippen molar-refractivity contribution in [3.8, 4) is 5.69 Å². The summed E-state index contributed by atoms with van der Waals surface area (Å²) in [5.41, 5.74) is 5.67. The van der Waals surface area contributed by atoms with Crippen LogP contribution in [0.15, 0.2) is 24.3 Å². The number of carbonyl (C=O) groups is 1. The fraction of sp³-hybridized carbons (Fsp3) is 0.400. The number of primary amides is 1. The number of hydrogen-bond acceptors (Lipinski definition) is 5. The summed E-state index contributed by atoms with van der Waals surface area (Å²) in [6, 6.07) is 5.85. The van der Waals surface area contributed by atoms with Crippen molar-refractivity contribution >= 4 is 15.7 Å². The van der Waals surface area contributed by atoms with Gasteiger partial charge in [0.25, 0.3) is 0 Å². The van der Waals surface area contributed by atoms with Crippen LogP contribution in [0.5, 0.6) is 0 Å². The molecular weight excluding hydrogens is 335 g/mol. The molecule has 0 unspecified atom stereocenters. The highest BCUT2D eigenvalue weighted by atomic mass is 32.2. The van der Waals surface area contributed by atoms with E-state index in [4.69, 9.17) is 5.73 Å². The first-order valence-electron chi connectivity index (χ1n) is 7.54. The van der Waals surface area contributed by atoms with Gasteiger partial charge in [0.15, 0.2) is 5.82 Å². The minimum Gasteiger partial charge on any atom is -0.369 e. The number of nitrogens with two attached hydrogens (primary N) is 1. The van der Waals surface area contributed by atoms with E-state index in [-0.39, 0.29) is 29.7 Å². The highest BCUT2D eigenvalue weighted by Crippen LogP contribution is 2.29. The van der Waals surface area contributed by atoms with Gasteiger partial charge in [-0.15, -0.1) is 0 Å². The summed E-state index contributed by atoms with van der Waals surface area (Å²) < 4.78 is 38.3. The first-order chi connectivity index (χ1) is 11.3. The van der Waals surface area contributed by atoms with Gasteiger partial charge in [-0.25, -0.2) is 22.5 Å². The van der Waals surface area contributed by atoms with Crippen LogP contribution in [0.4, 0.5) is 4.39 Å². The molecule has 0 radical (unpaired) electrons. The number of benzene rings is 1. The highest BCUT2D eigenvalue weighted by Gasteiger charge is 2.29. The van der Waals surface area contributed by atoms with Gasteiger partial charge in [0.2, 0.25) is 5.91 Å². The molecule has 7 nitrogen and oxygen atoms in total. The van der Waals surface area contributed by atoms with E-state index in [0.29, 0.717) is 24.4 Å². The molecule has 9 heteroatoms. The molecule has 0 atom stereocenters. The number of hydrogen-bond donors (Lipinski definition) is 1. The van der Waals surface area contributed by atoms with E-state index in [1.807, 2.05) is 0 Å². The van der Waals surface area contributed by atoms with E-state index in [1.54, 1.807) is 12.1 Å². The summed E-state index contributed by atoms with van der Waals surface area (Å²) >= 11 is 0. The Kier molecular flexibility index (Phi) is 4.35. The Balaban J connectivity index is 2.00. The lowest BCUT2D eigenvalue weighted by Gasteiger charge is -2.21. The molecule has 1 aromatic heterocycles. The third-order valence-electron chi connectivity index (χ3n) is 3.98. The van der Waals surface area contributed by atoms with Crippen molar-refractivity contribution < 1.29 is 17.6 Å². The molecule has 128 valence electrons. The lowest BCUT2D eigenvalue weighted by molar-refractivity contribution is -0.117. The molecule has 1 aliphatic rings. The van der Waals surface area contributed by atoms with Crippen LogP contribution in [-0.4, -0.2) is 40.6 Å². The maximum absolute atomic E-state index is 13.5. The van der Waals surface area contributed by atoms with Crippen LogP contribution in [-0.2, 0) is 21.1 Å². The minimum absolute atomic E-state index is 0.0822. The summed E-state index contributed by atoms with van der Waals surface area (Å²) in [6.45, 7) is 0. The van der Waals surface area contributed by atoms with Gasteiger partial charge in [-0.2, -0.15) is 5.10 Å². The van der Waals surface area contributed by atoms with E-state index in [1.165, 1.54) is 16.8 Å². The number of halogens is 1. The largest absolute Gasteiger partial charge is 0.369 e. The number of amides is 1. The van der Waals surface area contributed by atoms with Gasteiger partial charge in [-0.05, 0) is 31.0 Å². The minimum atomic E-state index is -3.01. The van der Waals surface area contributed by atoms with E-state index in [0.717, 1.165) is 0 Å². The monoisotopic (exact) mass is 352 g/mol. The van der Waals surface area contributed by atoms with Crippen LogP contribution in [0.1, 0.15) is 30.4 Å². The molecule has 2 heterocycles.